The smallest absolute Gasteiger partial charge is 0.253 e. The molecule has 4 heterocycles. The molecule has 0 fully saturated rings. The second-order valence-electron chi connectivity index (χ2n) is 4.21. The maximum atomic E-state index is 5.40. The van der Waals surface area contributed by atoms with Crippen LogP contribution < -0.4 is 0 Å². The first kappa shape index (κ1) is 10.9. The zero-order chi connectivity index (χ0) is 13.4. The third kappa shape index (κ3) is 1.66. The molecule has 0 radical (unpaired) electrons. The highest BCUT2D eigenvalue weighted by atomic mass is 16.3. The minimum atomic E-state index is 0.533. The highest BCUT2D eigenvalue weighted by Crippen LogP contribution is 2.25. The Morgan fingerprint density at radius 1 is 1.10 bits per heavy atom. The molecule has 0 aromatic carbocycles. The molecule has 4 aromatic heterocycles. The molecule has 0 saturated heterocycles. The van der Waals surface area contributed by atoms with Crippen LogP contribution >= 0.6 is 0 Å². The van der Waals surface area contributed by atoms with Crippen LogP contribution in [0.1, 0.15) is 0 Å². The van der Waals surface area contributed by atoms with Crippen molar-refractivity contribution in [2.75, 3.05) is 0 Å². The fourth-order valence-corrected chi connectivity index (χ4v) is 2.09. The van der Waals surface area contributed by atoms with Crippen LogP contribution in [0.3, 0.4) is 0 Å². The van der Waals surface area contributed by atoms with Gasteiger partial charge in [0.05, 0.1) is 12.0 Å². The van der Waals surface area contributed by atoms with Crippen molar-refractivity contribution >= 4 is 5.78 Å². The normalized spacial score (nSPS) is 11.0. The summed E-state index contributed by atoms with van der Waals surface area (Å²) in [5, 5.41) is 4.21. The number of hydrogen-bond donors (Lipinski definition) is 0. The van der Waals surface area contributed by atoms with Crippen LogP contribution in [0.5, 0.6) is 0 Å². The number of aromatic nitrogens is 5. The Labute approximate surface area is 113 Å². The Morgan fingerprint density at radius 3 is 2.80 bits per heavy atom. The average Bonchev–Trinajstić information content (AvgIpc) is 3.18. The SMILES string of the molecule is c1coc(-c2cc(-c3ccncc3)n3ncnc3n2)c1. The predicted molar refractivity (Wildman–Crippen MR) is 71.7 cm³/mol. The van der Waals surface area contributed by atoms with E-state index in [0.29, 0.717) is 11.5 Å². The summed E-state index contributed by atoms with van der Waals surface area (Å²) in [7, 11) is 0. The number of pyridine rings is 1. The molecule has 0 saturated carbocycles. The Hall–Kier alpha value is -3.02. The highest BCUT2D eigenvalue weighted by molar-refractivity contribution is 5.67. The monoisotopic (exact) mass is 263 g/mol. The maximum absolute atomic E-state index is 5.40. The summed E-state index contributed by atoms with van der Waals surface area (Å²) in [6, 6.07) is 9.46. The third-order valence-electron chi connectivity index (χ3n) is 3.00. The van der Waals surface area contributed by atoms with Crippen molar-refractivity contribution < 1.29 is 4.42 Å². The van der Waals surface area contributed by atoms with Gasteiger partial charge in [0.15, 0.2) is 5.76 Å². The van der Waals surface area contributed by atoms with Gasteiger partial charge in [0.25, 0.3) is 5.78 Å². The molecule has 0 aliphatic heterocycles. The van der Waals surface area contributed by atoms with Crippen molar-refractivity contribution in [1.29, 1.82) is 0 Å². The molecule has 0 unspecified atom stereocenters. The molecule has 0 amide bonds. The van der Waals surface area contributed by atoms with Gasteiger partial charge < -0.3 is 4.42 Å². The largest absolute Gasteiger partial charge is 0.463 e. The first-order valence-electron chi connectivity index (χ1n) is 6.07. The third-order valence-corrected chi connectivity index (χ3v) is 3.00. The molecule has 6 nitrogen and oxygen atoms in total. The van der Waals surface area contributed by atoms with E-state index in [4.69, 9.17) is 4.42 Å². The Morgan fingerprint density at radius 2 is 2.00 bits per heavy atom. The minimum Gasteiger partial charge on any atom is -0.463 e. The van der Waals surface area contributed by atoms with Crippen molar-refractivity contribution in [1.82, 2.24) is 24.6 Å². The number of fused-ring (bicyclic) bond motifs is 1. The molecule has 0 N–H and O–H groups in total. The van der Waals surface area contributed by atoms with Gasteiger partial charge in [-0.2, -0.15) is 14.6 Å². The van der Waals surface area contributed by atoms with Gasteiger partial charge in [-0.1, -0.05) is 0 Å². The molecule has 0 aliphatic carbocycles. The lowest BCUT2D eigenvalue weighted by molar-refractivity contribution is 0.580. The van der Waals surface area contributed by atoms with E-state index in [1.165, 1.54) is 6.33 Å². The number of furan rings is 1. The summed E-state index contributed by atoms with van der Waals surface area (Å²) in [5.74, 6) is 1.23. The zero-order valence-electron chi connectivity index (χ0n) is 10.3. The fourth-order valence-electron chi connectivity index (χ4n) is 2.09. The summed E-state index contributed by atoms with van der Waals surface area (Å²) in [5.41, 5.74) is 2.61. The van der Waals surface area contributed by atoms with Crippen LogP contribution in [0, 0.1) is 0 Å². The standard InChI is InChI=1S/C14H9N5O/c1-2-13(20-7-1)11-8-12(10-3-5-15-6-4-10)19-14(18-11)16-9-17-19/h1-9H. The summed E-state index contributed by atoms with van der Waals surface area (Å²) >= 11 is 0. The van der Waals surface area contributed by atoms with Crippen molar-refractivity contribution in [2.45, 2.75) is 0 Å². The summed E-state index contributed by atoms with van der Waals surface area (Å²) in [6.07, 6.45) is 6.59. The van der Waals surface area contributed by atoms with Gasteiger partial charge >= 0.3 is 0 Å². The van der Waals surface area contributed by atoms with E-state index in [9.17, 15) is 0 Å². The van der Waals surface area contributed by atoms with Gasteiger partial charge in [0.1, 0.15) is 12.0 Å². The topological polar surface area (TPSA) is 69.1 Å². The Bertz CT molecular complexity index is 852. The second kappa shape index (κ2) is 4.27. The lowest BCUT2D eigenvalue weighted by atomic mass is 10.1. The molecule has 0 spiro atoms. The molecular weight excluding hydrogens is 254 g/mol. The van der Waals surface area contributed by atoms with Crippen LogP contribution in [-0.2, 0) is 0 Å². The van der Waals surface area contributed by atoms with Gasteiger partial charge in [-0.3, -0.25) is 4.98 Å². The van der Waals surface area contributed by atoms with Gasteiger partial charge in [0, 0.05) is 18.0 Å². The Balaban J connectivity index is 2.01. The molecule has 0 atom stereocenters. The quantitative estimate of drug-likeness (QED) is 0.555. The van der Waals surface area contributed by atoms with Crippen LogP contribution in [0.25, 0.3) is 28.5 Å². The molecule has 0 bridgehead atoms. The van der Waals surface area contributed by atoms with E-state index < -0.39 is 0 Å². The van der Waals surface area contributed by atoms with Crippen molar-refractivity contribution in [3.8, 4) is 22.7 Å². The van der Waals surface area contributed by atoms with E-state index >= 15 is 0 Å². The molecule has 4 aromatic rings. The lowest BCUT2D eigenvalue weighted by Crippen LogP contribution is -1.98. The number of hydrogen-bond acceptors (Lipinski definition) is 5. The minimum absolute atomic E-state index is 0.533. The molecular formula is C14H9N5O. The van der Waals surface area contributed by atoms with Crippen molar-refractivity contribution in [2.24, 2.45) is 0 Å². The van der Waals surface area contributed by atoms with Gasteiger partial charge in [-0.15, -0.1) is 0 Å². The van der Waals surface area contributed by atoms with Crippen LogP contribution in [-0.4, -0.2) is 24.6 Å². The number of rotatable bonds is 2. The van der Waals surface area contributed by atoms with Crippen LogP contribution in [0.15, 0.2) is 59.7 Å². The molecule has 4 rings (SSSR count). The predicted octanol–water partition coefficient (Wildman–Crippen LogP) is 2.45. The van der Waals surface area contributed by atoms with Gasteiger partial charge in [-0.05, 0) is 30.3 Å². The van der Waals surface area contributed by atoms with E-state index in [2.05, 4.69) is 20.1 Å². The van der Waals surface area contributed by atoms with Gasteiger partial charge in [-0.25, -0.2) is 4.98 Å². The van der Waals surface area contributed by atoms with E-state index in [0.717, 1.165) is 17.0 Å². The summed E-state index contributed by atoms with van der Waals surface area (Å²) < 4.78 is 7.10. The maximum Gasteiger partial charge on any atom is 0.253 e. The molecule has 96 valence electrons. The van der Waals surface area contributed by atoms with Gasteiger partial charge in [0.2, 0.25) is 0 Å². The zero-order valence-corrected chi connectivity index (χ0v) is 10.3. The first-order chi connectivity index (χ1) is 9.92. The molecule has 20 heavy (non-hydrogen) atoms. The number of nitrogens with zero attached hydrogens (tertiary/aromatic N) is 5. The molecule has 0 aliphatic rings. The fraction of sp³-hybridized carbons (Fsp3) is 0. The summed E-state index contributed by atoms with van der Waals surface area (Å²) in [4.78, 5) is 12.6. The first-order valence-corrected chi connectivity index (χ1v) is 6.07. The van der Waals surface area contributed by atoms with E-state index in [1.54, 1.807) is 23.2 Å². The van der Waals surface area contributed by atoms with E-state index in [1.807, 2.05) is 30.3 Å². The summed E-state index contributed by atoms with van der Waals surface area (Å²) in [6.45, 7) is 0. The van der Waals surface area contributed by atoms with Crippen molar-refractivity contribution in [3.63, 3.8) is 0 Å². The van der Waals surface area contributed by atoms with Crippen LogP contribution in [0.2, 0.25) is 0 Å². The van der Waals surface area contributed by atoms with Crippen molar-refractivity contribution in [3.05, 3.63) is 55.3 Å². The highest BCUT2D eigenvalue weighted by Gasteiger charge is 2.12. The molecule has 6 heteroatoms. The van der Waals surface area contributed by atoms with E-state index in [-0.39, 0.29) is 0 Å². The Kier molecular flexibility index (Phi) is 2.32. The lowest BCUT2D eigenvalue weighted by Gasteiger charge is -2.05. The van der Waals surface area contributed by atoms with Crippen LogP contribution in [0.4, 0.5) is 0 Å². The average molecular weight is 263 g/mol. The second-order valence-corrected chi connectivity index (χ2v) is 4.21.